The molecule has 2 aliphatic rings. The number of carbonyl (C=O) groups is 2. The molecule has 18 nitrogen and oxygen atoms in total. The number of aliphatic hydroxyl groups excluding tert-OH is 2. The van der Waals surface area contributed by atoms with Gasteiger partial charge in [-0.2, -0.15) is 0 Å². The van der Waals surface area contributed by atoms with Gasteiger partial charge in [0.25, 0.3) is 7.73 Å². The van der Waals surface area contributed by atoms with Crippen LogP contribution in [0.1, 0.15) is 102 Å². The van der Waals surface area contributed by atoms with Crippen LogP contribution in [0.5, 0.6) is 0 Å². The van der Waals surface area contributed by atoms with Crippen molar-refractivity contribution < 1.29 is 82.3 Å². The summed E-state index contributed by atoms with van der Waals surface area (Å²) < 4.78 is 119. The molecule has 0 radical (unpaired) electrons. The number of halogens is 3. The van der Waals surface area contributed by atoms with E-state index in [-0.39, 0.29) is 64.1 Å². The van der Waals surface area contributed by atoms with Crippen molar-refractivity contribution in [3.8, 4) is 0 Å². The van der Waals surface area contributed by atoms with E-state index < -0.39 is 82.1 Å². The van der Waals surface area contributed by atoms with Gasteiger partial charge < -0.3 is 29.9 Å². The maximum atomic E-state index is 14.4. The van der Waals surface area contributed by atoms with Crippen molar-refractivity contribution in [3.63, 3.8) is 0 Å². The average molecular weight is 1290 g/mol. The van der Waals surface area contributed by atoms with E-state index in [1.165, 1.54) is 24.3 Å². The zero-order valence-corrected chi connectivity index (χ0v) is 53.9. The Labute approximate surface area is 502 Å². The molecule has 0 aromatic heterocycles. The summed E-state index contributed by atoms with van der Waals surface area (Å²) in [5, 5.41) is 23.6. The van der Waals surface area contributed by atoms with Crippen LogP contribution in [-0.4, -0.2) is 121 Å². The van der Waals surface area contributed by atoms with E-state index in [9.17, 15) is 41.0 Å². The fraction of sp³-hybridized carbons (Fsp3) is 0.414. The van der Waals surface area contributed by atoms with Crippen LogP contribution in [0.3, 0.4) is 0 Å². The monoisotopic (exact) mass is 1290 g/mol. The molecule has 4 unspecified atom stereocenters. The molecule has 0 saturated carbocycles. The van der Waals surface area contributed by atoms with Crippen molar-refractivity contribution in [2.75, 3.05) is 78.5 Å². The van der Waals surface area contributed by atoms with Crippen LogP contribution >= 0.6 is 34.6 Å². The number of carbonyl (C=O) groups excluding carboxylic acids is 2. The van der Waals surface area contributed by atoms with Crippen LogP contribution < -0.4 is 10.6 Å². The molecule has 6 rings (SSSR count). The first-order chi connectivity index (χ1) is 40.0. The predicted molar refractivity (Wildman–Crippen MR) is 328 cm³/mol. The lowest BCUT2D eigenvalue weighted by Gasteiger charge is -2.25. The molecule has 4 atom stereocenters. The van der Waals surface area contributed by atoms with E-state index in [1.54, 1.807) is 64.5 Å². The minimum absolute atomic E-state index is 0.0229. The number of fused-ring (bicyclic) bond motifs is 2. The summed E-state index contributed by atoms with van der Waals surface area (Å²) in [5.74, 6) is -1.58. The quantitative estimate of drug-likeness (QED) is 0.0355. The van der Waals surface area contributed by atoms with Gasteiger partial charge in [-0.25, -0.2) is 17.9 Å². The first kappa shape index (κ1) is 72.2. The summed E-state index contributed by atoms with van der Waals surface area (Å²) in [4.78, 5) is 27.1. The Kier molecular flexibility index (Phi) is 31.1. The highest BCUT2D eigenvalue weighted by molar-refractivity contribution is 7.84. The largest absolute Gasteiger partial charge is 0.475 e. The molecule has 0 heterocycles. The Morgan fingerprint density at radius 3 is 1.37 bits per heavy atom. The molecule has 4 aromatic rings. The van der Waals surface area contributed by atoms with Gasteiger partial charge in [0.15, 0.2) is 0 Å². The highest BCUT2D eigenvalue weighted by Gasteiger charge is 2.35. The first-order valence-electron chi connectivity index (χ1n) is 26.9. The minimum atomic E-state index is -4.06. The van der Waals surface area contributed by atoms with Crippen molar-refractivity contribution >= 4 is 102 Å². The maximum absolute atomic E-state index is 14.4. The van der Waals surface area contributed by atoms with Crippen LogP contribution in [-0.2, 0) is 76.5 Å². The number of amides is 2. The van der Waals surface area contributed by atoms with Gasteiger partial charge in [0.2, 0.25) is 11.8 Å². The molecule has 4 aromatic carbocycles. The average Bonchev–Trinajstić information content (AvgIpc) is 3.48. The number of nitrogens with one attached hydrogen (secondary N) is 2. The molecule has 84 heavy (non-hydrogen) atoms. The Hall–Kier alpha value is -4.28. The molecule has 2 amide bonds. The molecule has 462 valence electrons. The molecule has 0 spiro atoms. The van der Waals surface area contributed by atoms with Gasteiger partial charge in [-0.15, -0.1) is 0 Å². The number of aliphatic hydroxyl groups is 2. The number of phosphoric acid groups is 2. The molecule has 0 saturated heterocycles. The number of hydrogen-bond donors (Lipinski definition) is 4. The molecular weight excluding hydrogens is 1210 g/mol. The van der Waals surface area contributed by atoms with Crippen LogP contribution in [0, 0.1) is 11.6 Å². The van der Waals surface area contributed by atoms with Crippen LogP contribution in [0.15, 0.2) is 106 Å². The van der Waals surface area contributed by atoms with E-state index in [0.717, 1.165) is 55.0 Å². The van der Waals surface area contributed by atoms with Gasteiger partial charge in [0, 0.05) is 57.0 Å². The molecule has 0 bridgehead atoms. The van der Waals surface area contributed by atoms with Crippen molar-refractivity contribution in [2.45, 2.75) is 90.2 Å². The fourth-order valence-electron chi connectivity index (χ4n) is 8.34. The van der Waals surface area contributed by atoms with Crippen molar-refractivity contribution in [2.24, 2.45) is 0 Å². The number of rotatable bonds is 30. The summed E-state index contributed by atoms with van der Waals surface area (Å²) in [6.45, 7) is 14.2. The van der Waals surface area contributed by atoms with Crippen molar-refractivity contribution in [1.29, 1.82) is 0 Å². The lowest BCUT2D eigenvalue weighted by molar-refractivity contribution is -0.121. The first-order valence-corrected chi connectivity index (χ1v) is 35.1. The Bertz CT molecular complexity index is 3100. The van der Waals surface area contributed by atoms with Gasteiger partial charge >= 0.3 is 15.6 Å². The minimum Gasteiger partial charge on any atom is -0.394 e. The summed E-state index contributed by atoms with van der Waals surface area (Å²) in [6.07, 6.45) is 4.91. The number of hydrogen-bond acceptors (Lipinski definition) is 16. The van der Waals surface area contributed by atoms with Gasteiger partial charge in [0.05, 0.1) is 71.8 Å². The third kappa shape index (κ3) is 22.5. The van der Waals surface area contributed by atoms with Gasteiger partial charge in [-0.05, 0) is 194 Å². The van der Waals surface area contributed by atoms with Gasteiger partial charge in [-0.3, -0.25) is 45.1 Å². The molecule has 0 fully saturated rings. The third-order valence-corrected chi connectivity index (χ3v) is 18.9. The van der Waals surface area contributed by atoms with Crippen molar-refractivity contribution in [1.82, 2.24) is 10.6 Å². The number of phosphoric ester groups is 2. The van der Waals surface area contributed by atoms with E-state index in [0.29, 0.717) is 34.8 Å². The summed E-state index contributed by atoms with van der Waals surface area (Å²) >= 11 is 5.50. The zero-order valence-electron chi connectivity index (χ0n) is 48.8. The smallest absolute Gasteiger partial charge is 0.394 e. The van der Waals surface area contributed by atoms with Crippen molar-refractivity contribution in [3.05, 3.63) is 141 Å². The summed E-state index contributed by atoms with van der Waals surface area (Å²) in [5.41, 5.74) is 9.38. The zero-order chi connectivity index (χ0) is 62.1. The van der Waals surface area contributed by atoms with Crippen LogP contribution in [0.25, 0.3) is 34.4 Å². The molecule has 2 aliphatic carbocycles. The van der Waals surface area contributed by atoms with E-state index >= 15 is 0 Å². The molecule has 0 aliphatic heterocycles. The SMILES string of the molecule is CC1=C(CC(=O)NCC(O)CO)c2cc(F)ccc2/C1=C\c1ccc(S(C)=O)cc1.CCOP(=O)(OCC)OCC(CNC(=O)CC1=C(C)/C(=C/c2ccc(S(C)=O)cc2)c2ccc(F)cc21)OP(=O)(OCC)OCC.CCOP(Cl)OCC. The van der Waals surface area contributed by atoms with Crippen LogP contribution in [0.4, 0.5) is 8.78 Å². The highest BCUT2D eigenvalue weighted by Crippen LogP contribution is 2.53. The second-order valence-corrected chi connectivity index (χ2v) is 26.0. The third-order valence-electron chi connectivity index (χ3n) is 12.2. The Balaban J connectivity index is 0.000000339. The summed E-state index contributed by atoms with van der Waals surface area (Å²) in [6, 6.07) is 23.6. The maximum Gasteiger partial charge on any atom is 0.475 e. The molecular formula is C58H76ClF2N2O16P3S2. The Morgan fingerprint density at radius 1 is 0.607 bits per heavy atom. The molecule has 26 heteroatoms. The lowest BCUT2D eigenvalue weighted by Crippen LogP contribution is -2.36. The second kappa shape index (κ2) is 36.1. The highest BCUT2D eigenvalue weighted by atomic mass is 35.7. The van der Waals surface area contributed by atoms with Gasteiger partial charge in [0.1, 0.15) is 17.7 Å². The predicted octanol–water partition coefficient (Wildman–Crippen LogP) is 12.4. The molecule has 4 N–H and O–H groups in total. The van der Waals surface area contributed by atoms with E-state index in [1.807, 2.05) is 76.2 Å². The lowest BCUT2D eigenvalue weighted by atomic mass is 10.0. The van der Waals surface area contributed by atoms with Gasteiger partial charge in [-0.1, -0.05) is 36.4 Å². The standard InChI is InChI=1S/C31H42FNO10P2S.C23H24FNO4S.C4H10ClO2P/c1-7-38-44(35,39-8-2)42-21-25(43-45(36,40-9-3)41-10-4)20-33-31(34)19-29-22(5)28(27-16-13-24(32)18-30(27)29)17-23-11-14-26(15-12-23)46(6)37;1-14-20(9-15-3-6-18(7-4-15)30(2)29)19-8-5-16(24)10-22(19)21(14)11-23(28)25-12-17(27)13-26;1-3-6-8(5)7-4-2/h11-18,25H,7-10,19-21H2,1-6H3,(H,33,34);3-10,17,26-27H,11-13H2,1-2H3,(H,25,28);3-4H2,1-2H3/b28-17-;20-9-;. The summed E-state index contributed by atoms with van der Waals surface area (Å²) in [7, 11) is -11.3. The second-order valence-electron chi connectivity index (χ2n) is 18.2. The van der Waals surface area contributed by atoms with E-state index in [4.69, 9.17) is 52.5 Å². The normalized spacial score (nSPS) is 15.5. The Morgan fingerprint density at radius 2 is 1.00 bits per heavy atom. The topological polar surface area (TPSA) is 241 Å². The fourth-order valence-corrected chi connectivity index (χ4v) is 13.0. The van der Waals surface area contributed by atoms with E-state index in [2.05, 4.69) is 10.6 Å². The number of benzene rings is 4. The van der Waals surface area contributed by atoms with Crippen LogP contribution in [0.2, 0.25) is 0 Å². The number of allylic oxidation sites excluding steroid dienone is 4.